The first-order valence-corrected chi connectivity index (χ1v) is 7.10. The number of benzene rings is 1. The molecule has 6 heteroatoms. The Balaban J connectivity index is 2.05. The average molecular weight is 293 g/mol. The van der Waals surface area contributed by atoms with Crippen LogP contribution in [0.5, 0.6) is 11.5 Å². The Bertz CT molecular complexity index is 609. The number of carbonyl (C=O) groups excluding carboxylic acids is 1. The minimum absolute atomic E-state index is 0.159. The zero-order chi connectivity index (χ0) is 14.5. The second-order valence-electron chi connectivity index (χ2n) is 4.15. The number of esters is 1. The Hall–Kier alpha value is -2.08. The minimum atomic E-state index is -0.232. The standard InChI is InChI=1S/C14H15NO4S/c1-2-19-13(18)6-4-10-8-20-14(15-10)9-3-5-11(16)12(17)7-9/h3,5,7-8,16-17H,2,4,6H2,1H3. The molecule has 2 rings (SSSR count). The van der Waals surface area contributed by atoms with E-state index in [4.69, 9.17) is 4.74 Å². The topological polar surface area (TPSA) is 79.7 Å². The molecule has 0 unspecified atom stereocenters. The molecule has 0 saturated heterocycles. The fourth-order valence-corrected chi connectivity index (χ4v) is 2.53. The van der Waals surface area contributed by atoms with Gasteiger partial charge in [-0.15, -0.1) is 11.3 Å². The molecule has 0 aliphatic carbocycles. The molecule has 0 saturated carbocycles. The Morgan fingerprint density at radius 2 is 2.15 bits per heavy atom. The van der Waals surface area contributed by atoms with E-state index in [0.717, 1.165) is 16.3 Å². The number of rotatable bonds is 5. The highest BCUT2D eigenvalue weighted by molar-refractivity contribution is 7.13. The van der Waals surface area contributed by atoms with Crippen LogP contribution in [0, 0.1) is 0 Å². The molecule has 0 spiro atoms. The zero-order valence-corrected chi connectivity index (χ0v) is 11.8. The summed E-state index contributed by atoms with van der Waals surface area (Å²) in [5.74, 6) is -0.567. The molecule has 0 fully saturated rings. The van der Waals surface area contributed by atoms with Gasteiger partial charge < -0.3 is 14.9 Å². The van der Waals surface area contributed by atoms with Crippen LogP contribution >= 0.6 is 11.3 Å². The lowest BCUT2D eigenvalue weighted by Crippen LogP contribution is -2.05. The van der Waals surface area contributed by atoms with Crippen LogP contribution in [0.2, 0.25) is 0 Å². The van der Waals surface area contributed by atoms with Crippen LogP contribution in [0.25, 0.3) is 10.6 Å². The number of hydrogen-bond acceptors (Lipinski definition) is 6. The van der Waals surface area contributed by atoms with Crippen LogP contribution < -0.4 is 0 Å². The lowest BCUT2D eigenvalue weighted by Gasteiger charge is -2.00. The first-order chi connectivity index (χ1) is 9.60. The highest BCUT2D eigenvalue weighted by atomic mass is 32.1. The Morgan fingerprint density at radius 1 is 1.35 bits per heavy atom. The van der Waals surface area contributed by atoms with E-state index >= 15 is 0 Å². The van der Waals surface area contributed by atoms with E-state index in [1.54, 1.807) is 13.0 Å². The predicted molar refractivity (Wildman–Crippen MR) is 75.8 cm³/mol. The molecule has 0 atom stereocenters. The SMILES string of the molecule is CCOC(=O)CCc1csc(-c2ccc(O)c(O)c2)n1. The summed E-state index contributed by atoms with van der Waals surface area (Å²) in [7, 11) is 0. The number of carbonyl (C=O) groups is 1. The summed E-state index contributed by atoms with van der Waals surface area (Å²) in [5.41, 5.74) is 1.54. The van der Waals surface area contributed by atoms with Crippen molar-refractivity contribution in [2.24, 2.45) is 0 Å². The maximum absolute atomic E-state index is 11.3. The fraction of sp³-hybridized carbons (Fsp3) is 0.286. The normalized spacial score (nSPS) is 10.4. The molecule has 0 bridgehead atoms. The third-order valence-electron chi connectivity index (χ3n) is 2.66. The number of aromatic nitrogens is 1. The summed E-state index contributed by atoms with van der Waals surface area (Å²) in [4.78, 5) is 15.7. The van der Waals surface area contributed by atoms with Crippen molar-refractivity contribution >= 4 is 17.3 Å². The Kier molecular flexibility index (Phi) is 4.57. The van der Waals surface area contributed by atoms with Crippen LogP contribution in [-0.4, -0.2) is 27.8 Å². The molecule has 1 aromatic heterocycles. The van der Waals surface area contributed by atoms with Gasteiger partial charge in [0, 0.05) is 17.4 Å². The molecule has 1 aromatic carbocycles. The number of phenolic OH excluding ortho intramolecular Hbond substituents is 2. The third-order valence-corrected chi connectivity index (χ3v) is 3.60. The smallest absolute Gasteiger partial charge is 0.306 e. The molecule has 2 N–H and O–H groups in total. The number of thiazole rings is 1. The molecule has 0 aliphatic heterocycles. The van der Waals surface area contributed by atoms with Crippen LogP contribution in [0.15, 0.2) is 23.6 Å². The van der Waals surface area contributed by atoms with Gasteiger partial charge in [-0.3, -0.25) is 4.79 Å². The van der Waals surface area contributed by atoms with Gasteiger partial charge in [0.05, 0.1) is 18.7 Å². The van der Waals surface area contributed by atoms with Gasteiger partial charge >= 0.3 is 5.97 Å². The van der Waals surface area contributed by atoms with Gasteiger partial charge in [0.25, 0.3) is 0 Å². The first-order valence-electron chi connectivity index (χ1n) is 6.22. The van der Waals surface area contributed by atoms with Crippen LogP contribution in [0.4, 0.5) is 0 Å². The number of aryl methyl sites for hydroxylation is 1. The van der Waals surface area contributed by atoms with Crippen LogP contribution in [0.3, 0.4) is 0 Å². The monoisotopic (exact) mass is 293 g/mol. The summed E-state index contributed by atoms with van der Waals surface area (Å²) in [6.45, 7) is 2.16. The van der Waals surface area contributed by atoms with Crippen molar-refractivity contribution in [3.63, 3.8) is 0 Å². The highest BCUT2D eigenvalue weighted by Crippen LogP contribution is 2.32. The number of ether oxygens (including phenoxy) is 1. The second kappa shape index (κ2) is 6.38. The summed E-state index contributed by atoms with van der Waals surface area (Å²) in [6.07, 6.45) is 0.831. The van der Waals surface area contributed by atoms with E-state index in [1.165, 1.54) is 23.5 Å². The maximum Gasteiger partial charge on any atom is 0.306 e. The van der Waals surface area contributed by atoms with Gasteiger partial charge in [-0.05, 0) is 25.1 Å². The summed E-state index contributed by atoms with van der Waals surface area (Å²) < 4.78 is 4.86. The van der Waals surface area contributed by atoms with Gasteiger partial charge in [0.15, 0.2) is 11.5 Å². The first kappa shape index (κ1) is 14.3. The molecular formula is C14H15NO4S. The quantitative estimate of drug-likeness (QED) is 0.654. The minimum Gasteiger partial charge on any atom is -0.504 e. The van der Waals surface area contributed by atoms with E-state index in [1.807, 2.05) is 5.38 Å². The van der Waals surface area contributed by atoms with Crippen molar-refractivity contribution < 1.29 is 19.7 Å². The molecule has 2 aromatic rings. The highest BCUT2D eigenvalue weighted by Gasteiger charge is 2.09. The predicted octanol–water partition coefficient (Wildman–Crippen LogP) is 2.72. The van der Waals surface area contributed by atoms with Crippen molar-refractivity contribution in [1.29, 1.82) is 0 Å². The number of aromatic hydroxyl groups is 2. The maximum atomic E-state index is 11.3. The van der Waals surface area contributed by atoms with Gasteiger partial charge in [-0.2, -0.15) is 0 Å². The molecule has 20 heavy (non-hydrogen) atoms. The van der Waals surface area contributed by atoms with E-state index < -0.39 is 0 Å². The molecule has 0 amide bonds. The lowest BCUT2D eigenvalue weighted by atomic mass is 10.2. The van der Waals surface area contributed by atoms with Crippen molar-refractivity contribution in [1.82, 2.24) is 4.98 Å². The molecule has 0 aliphatic rings. The van der Waals surface area contributed by atoms with Crippen molar-refractivity contribution in [2.45, 2.75) is 19.8 Å². The number of phenols is 2. The lowest BCUT2D eigenvalue weighted by molar-refractivity contribution is -0.143. The largest absolute Gasteiger partial charge is 0.504 e. The molecule has 0 radical (unpaired) electrons. The van der Waals surface area contributed by atoms with E-state index in [0.29, 0.717) is 19.4 Å². The van der Waals surface area contributed by atoms with Gasteiger partial charge in [0.2, 0.25) is 0 Å². The van der Waals surface area contributed by atoms with Gasteiger partial charge in [0.1, 0.15) is 5.01 Å². The summed E-state index contributed by atoms with van der Waals surface area (Å²) in [6, 6.07) is 4.57. The van der Waals surface area contributed by atoms with Crippen molar-refractivity contribution in [3.05, 3.63) is 29.3 Å². The van der Waals surface area contributed by atoms with Gasteiger partial charge in [-0.1, -0.05) is 0 Å². The summed E-state index contributed by atoms with van der Waals surface area (Å²) >= 11 is 1.43. The van der Waals surface area contributed by atoms with E-state index in [9.17, 15) is 15.0 Å². The van der Waals surface area contributed by atoms with E-state index in [-0.39, 0.29) is 17.5 Å². The Morgan fingerprint density at radius 3 is 2.85 bits per heavy atom. The number of nitrogens with zero attached hydrogens (tertiary/aromatic N) is 1. The molecule has 5 nitrogen and oxygen atoms in total. The van der Waals surface area contributed by atoms with Crippen molar-refractivity contribution in [2.75, 3.05) is 6.61 Å². The number of hydrogen-bond donors (Lipinski definition) is 2. The average Bonchev–Trinajstić information content (AvgIpc) is 2.89. The molecule has 1 heterocycles. The zero-order valence-electron chi connectivity index (χ0n) is 11.0. The third kappa shape index (κ3) is 3.48. The van der Waals surface area contributed by atoms with E-state index in [2.05, 4.69) is 4.98 Å². The second-order valence-corrected chi connectivity index (χ2v) is 5.01. The van der Waals surface area contributed by atoms with Crippen molar-refractivity contribution in [3.8, 4) is 22.1 Å². The van der Waals surface area contributed by atoms with Gasteiger partial charge in [-0.25, -0.2) is 4.98 Å². The molecular weight excluding hydrogens is 278 g/mol. The van der Waals surface area contributed by atoms with Crippen LogP contribution in [-0.2, 0) is 16.0 Å². The molecule has 106 valence electrons. The summed E-state index contributed by atoms with van der Waals surface area (Å²) in [5, 5.41) is 21.4. The Labute approximate surface area is 120 Å². The fourth-order valence-electron chi connectivity index (χ4n) is 1.67. The van der Waals surface area contributed by atoms with Crippen LogP contribution in [0.1, 0.15) is 19.0 Å².